The highest BCUT2D eigenvalue weighted by atomic mass is 15.1. The number of rotatable bonds is 0. The van der Waals surface area contributed by atoms with Crippen LogP contribution in [0, 0.1) is 5.92 Å². The van der Waals surface area contributed by atoms with Gasteiger partial charge in [0.05, 0.1) is 6.54 Å². The van der Waals surface area contributed by atoms with Gasteiger partial charge in [-0.15, -0.1) is 0 Å². The van der Waals surface area contributed by atoms with E-state index in [2.05, 4.69) is 10.6 Å². The van der Waals surface area contributed by atoms with E-state index in [9.17, 15) is 0 Å². The molecule has 3 N–H and O–H groups in total. The van der Waals surface area contributed by atoms with Gasteiger partial charge in [0.1, 0.15) is 6.04 Å². The molecular weight excluding hydrogens is 100 g/mol. The van der Waals surface area contributed by atoms with Gasteiger partial charge in [0, 0.05) is 25.4 Å². The number of fused-ring (bicyclic) bond motifs is 1. The third-order valence-electron chi connectivity index (χ3n) is 2.40. The molecular formula is C6H13N2+. The van der Waals surface area contributed by atoms with Gasteiger partial charge in [-0.25, -0.2) is 0 Å². The molecule has 2 heterocycles. The Morgan fingerprint density at radius 2 is 2.38 bits per heavy atom. The summed E-state index contributed by atoms with van der Waals surface area (Å²) >= 11 is 0. The molecule has 0 bridgehead atoms. The first-order valence-electron chi connectivity index (χ1n) is 3.51. The van der Waals surface area contributed by atoms with E-state index in [0.717, 1.165) is 12.0 Å². The Balaban J connectivity index is 2.04. The van der Waals surface area contributed by atoms with Crippen molar-refractivity contribution in [3.05, 3.63) is 0 Å². The maximum absolute atomic E-state index is 3.39. The molecule has 46 valence electrons. The number of quaternary nitrogens is 1. The van der Waals surface area contributed by atoms with Crippen LogP contribution >= 0.6 is 0 Å². The van der Waals surface area contributed by atoms with E-state index in [1.54, 1.807) is 0 Å². The van der Waals surface area contributed by atoms with Gasteiger partial charge in [-0.3, -0.25) is 0 Å². The Bertz CT molecular complexity index is 72.5. The first kappa shape index (κ1) is 4.77. The van der Waals surface area contributed by atoms with Crippen molar-refractivity contribution in [1.29, 1.82) is 0 Å². The van der Waals surface area contributed by atoms with Crippen molar-refractivity contribution in [2.45, 2.75) is 12.5 Å². The average Bonchev–Trinajstić information content (AvgIpc) is 2.15. The zero-order valence-electron chi connectivity index (χ0n) is 5.06. The maximum atomic E-state index is 3.39. The summed E-state index contributed by atoms with van der Waals surface area (Å²) in [7, 11) is 0. The van der Waals surface area contributed by atoms with Crippen molar-refractivity contribution in [2.24, 2.45) is 5.92 Å². The van der Waals surface area contributed by atoms with Gasteiger partial charge in [0.25, 0.3) is 0 Å². The molecule has 2 unspecified atom stereocenters. The summed E-state index contributed by atoms with van der Waals surface area (Å²) < 4.78 is 0. The topological polar surface area (TPSA) is 28.6 Å². The lowest BCUT2D eigenvalue weighted by atomic mass is 10.1. The summed E-state index contributed by atoms with van der Waals surface area (Å²) in [5.41, 5.74) is 0. The molecule has 2 heteroatoms. The molecule has 2 saturated heterocycles. The zero-order valence-corrected chi connectivity index (χ0v) is 5.06. The van der Waals surface area contributed by atoms with Crippen LogP contribution in [0.15, 0.2) is 0 Å². The second-order valence-corrected chi connectivity index (χ2v) is 2.90. The predicted molar refractivity (Wildman–Crippen MR) is 31.6 cm³/mol. The summed E-state index contributed by atoms with van der Waals surface area (Å²) in [5, 5.41) is 5.87. The SMILES string of the molecule is C1CC2CNCC2[NH2+]1. The lowest BCUT2D eigenvalue weighted by Crippen LogP contribution is -2.88. The number of nitrogens with two attached hydrogens (primary N) is 1. The number of nitrogens with one attached hydrogen (secondary N) is 1. The van der Waals surface area contributed by atoms with Crippen LogP contribution in [0.25, 0.3) is 0 Å². The molecule has 2 rings (SSSR count). The van der Waals surface area contributed by atoms with E-state index in [-0.39, 0.29) is 0 Å². The van der Waals surface area contributed by atoms with Crippen molar-refractivity contribution in [3.8, 4) is 0 Å². The molecule has 0 aliphatic carbocycles. The Morgan fingerprint density at radius 1 is 1.38 bits per heavy atom. The van der Waals surface area contributed by atoms with Crippen LogP contribution < -0.4 is 10.6 Å². The fourth-order valence-electron chi connectivity index (χ4n) is 1.87. The van der Waals surface area contributed by atoms with E-state index in [1.165, 1.54) is 26.1 Å². The third kappa shape index (κ3) is 0.565. The average molecular weight is 113 g/mol. The minimum absolute atomic E-state index is 0.940. The van der Waals surface area contributed by atoms with E-state index < -0.39 is 0 Å². The normalized spacial score (nSPS) is 45.0. The molecule has 0 radical (unpaired) electrons. The Morgan fingerprint density at radius 3 is 3.25 bits per heavy atom. The molecule has 0 aromatic rings. The molecule has 2 aliphatic heterocycles. The van der Waals surface area contributed by atoms with E-state index in [4.69, 9.17) is 0 Å². The zero-order chi connectivity index (χ0) is 5.40. The molecule has 8 heavy (non-hydrogen) atoms. The van der Waals surface area contributed by atoms with Gasteiger partial charge < -0.3 is 10.6 Å². The lowest BCUT2D eigenvalue weighted by Gasteiger charge is -1.99. The quantitative estimate of drug-likeness (QED) is 0.395. The predicted octanol–water partition coefficient (Wildman–Crippen LogP) is -1.46. The highest BCUT2D eigenvalue weighted by Gasteiger charge is 2.34. The van der Waals surface area contributed by atoms with Crippen molar-refractivity contribution in [3.63, 3.8) is 0 Å². The number of hydrogen-bond acceptors (Lipinski definition) is 1. The third-order valence-corrected chi connectivity index (χ3v) is 2.40. The van der Waals surface area contributed by atoms with Crippen LogP contribution in [0.5, 0.6) is 0 Å². The van der Waals surface area contributed by atoms with E-state index >= 15 is 0 Å². The van der Waals surface area contributed by atoms with E-state index in [1.807, 2.05) is 0 Å². The highest BCUT2D eigenvalue weighted by Crippen LogP contribution is 2.12. The monoisotopic (exact) mass is 113 g/mol. The van der Waals surface area contributed by atoms with Crippen molar-refractivity contribution < 1.29 is 5.32 Å². The van der Waals surface area contributed by atoms with Gasteiger partial charge in [-0.2, -0.15) is 0 Å². The summed E-state index contributed by atoms with van der Waals surface area (Å²) in [5.74, 6) is 1.01. The van der Waals surface area contributed by atoms with Crippen LogP contribution in [0.2, 0.25) is 0 Å². The molecule has 0 amide bonds. The fraction of sp³-hybridized carbons (Fsp3) is 1.00. The van der Waals surface area contributed by atoms with Gasteiger partial charge in [-0.1, -0.05) is 0 Å². The first-order valence-corrected chi connectivity index (χ1v) is 3.51. The summed E-state index contributed by atoms with van der Waals surface area (Å²) in [6, 6.07) is 0.940. The first-order chi connectivity index (χ1) is 3.97. The van der Waals surface area contributed by atoms with Crippen LogP contribution in [0.4, 0.5) is 0 Å². The Kier molecular flexibility index (Phi) is 1.02. The Labute approximate surface area is 49.7 Å². The fourth-order valence-corrected chi connectivity index (χ4v) is 1.87. The van der Waals surface area contributed by atoms with Gasteiger partial charge in [0.15, 0.2) is 0 Å². The minimum Gasteiger partial charge on any atom is -0.342 e. The molecule has 0 aromatic carbocycles. The molecule has 2 fully saturated rings. The second-order valence-electron chi connectivity index (χ2n) is 2.90. The Hall–Kier alpha value is -0.0800. The van der Waals surface area contributed by atoms with Crippen molar-refractivity contribution >= 4 is 0 Å². The number of hydrogen-bond donors (Lipinski definition) is 2. The minimum atomic E-state index is 0.940. The highest BCUT2D eigenvalue weighted by molar-refractivity contribution is 4.82. The van der Waals surface area contributed by atoms with Crippen molar-refractivity contribution in [1.82, 2.24) is 5.32 Å². The van der Waals surface area contributed by atoms with Crippen LogP contribution in [-0.4, -0.2) is 25.7 Å². The molecule has 2 aliphatic rings. The standard InChI is InChI=1S/C6H12N2/c1-2-8-6-4-7-3-5(1)6/h5-8H,1-4H2/p+1. The van der Waals surface area contributed by atoms with Gasteiger partial charge >= 0.3 is 0 Å². The van der Waals surface area contributed by atoms with Gasteiger partial charge in [0.2, 0.25) is 0 Å². The van der Waals surface area contributed by atoms with E-state index in [0.29, 0.717) is 0 Å². The molecule has 0 saturated carbocycles. The summed E-state index contributed by atoms with van der Waals surface area (Å²) in [6.45, 7) is 3.91. The summed E-state index contributed by atoms with van der Waals surface area (Å²) in [6.07, 6.45) is 1.44. The molecule has 2 atom stereocenters. The smallest absolute Gasteiger partial charge is 0.103 e. The van der Waals surface area contributed by atoms with Crippen LogP contribution in [0.3, 0.4) is 0 Å². The van der Waals surface area contributed by atoms with Crippen LogP contribution in [0.1, 0.15) is 6.42 Å². The molecule has 2 nitrogen and oxygen atoms in total. The van der Waals surface area contributed by atoms with Crippen molar-refractivity contribution in [2.75, 3.05) is 19.6 Å². The molecule has 0 spiro atoms. The lowest BCUT2D eigenvalue weighted by molar-refractivity contribution is -0.668. The van der Waals surface area contributed by atoms with Gasteiger partial charge in [-0.05, 0) is 0 Å². The largest absolute Gasteiger partial charge is 0.342 e. The summed E-state index contributed by atoms with van der Waals surface area (Å²) in [4.78, 5) is 0. The maximum Gasteiger partial charge on any atom is 0.103 e. The van der Waals surface area contributed by atoms with Crippen LogP contribution in [-0.2, 0) is 0 Å². The second kappa shape index (κ2) is 1.71. The molecule has 0 aromatic heterocycles.